The summed E-state index contributed by atoms with van der Waals surface area (Å²) < 4.78 is 0. The Labute approximate surface area is 105 Å². The standard InChI is InChI=1S/C15H25NO/c1-4-9-14(10-5-2)16(3)15(17)13-11-7-6-8-12-13/h4,9,13H,1,5-8,10-12H2,2-3H3. The van der Waals surface area contributed by atoms with Gasteiger partial charge in [0.1, 0.15) is 0 Å². The molecule has 2 heteroatoms. The molecule has 0 heterocycles. The molecule has 0 spiro atoms. The van der Waals surface area contributed by atoms with Gasteiger partial charge in [-0.15, -0.1) is 0 Å². The van der Waals surface area contributed by atoms with Gasteiger partial charge in [0.15, 0.2) is 0 Å². The molecule has 0 aliphatic heterocycles. The lowest BCUT2D eigenvalue weighted by molar-refractivity contribution is -0.133. The van der Waals surface area contributed by atoms with Gasteiger partial charge in [-0.3, -0.25) is 4.79 Å². The zero-order valence-corrected chi connectivity index (χ0v) is 11.2. The van der Waals surface area contributed by atoms with Crippen molar-refractivity contribution in [2.24, 2.45) is 5.92 Å². The summed E-state index contributed by atoms with van der Waals surface area (Å²) in [5.41, 5.74) is 1.10. The first-order chi connectivity index (χ1) is 8.20. The molecular weight excluding hydrogens is 210 g/mol. The number of amides is 1. The maximum absolute atomic E-state index is 12.3. The monoisotopic (exact) mass is 235 g/mol. The van der Waals surface area contributed by atoms with Crippen LogP contribution in [0.2, 0.25) is 0 Å². The van der Waals surface area contributed by atoms with Gasteiger partial charge in [0, 0.05) is 18.7 Å². The highest BCUT2D eigenvalue weighted by atomic mass is 16.2. The minimum absolute atomic E-state index is 0.249. The van der Waals surface area contributed by atoms with Crippen LogP contribution in [-0.2, 0) is 4.79 Å². The molecule has 0 atom stereocenters. The molecular formula is C15H25NO. The van der Waals surface area contributed by atoms with E-state index in [1.54, 1.807) is 6.08 Å². The number of allylic oxidation sites excluding steroid dienone is 3. The molecule has 0 N–H and O–H groups in total. The van der Waals surface area contributed by atoms with E-state index >= 15 is 0 Å². The summed E-state index contributed by atoms with van der Waals surface area (Å²) in [5, 5.41) is 0. The SMILES string of the molecule is C=CC=C(CCC)N(C)C(=O)C1CCCCC1. The first kappa shape index (κ1) is 14.0. The van der Waals surface area contributed by atoms with E-state index in [2.05, 4.69) is 13.5 Å². The van der Waals surface area contributed by atoms with Crippen LogP contribution >= 0.6 is 0 Å². The summed E-state index contributed by atoms with van der Waals surface area (Å²) in [6.07, 6.45) is 11.6. The Bertz CT molecular complexity index is 287. The molecule has 0 aromatic rings. The normalized spacial score (nSPS) is 17.9. The smallest absolute Gasteiger partial charge is 0.229 e. The Morgan fingerprint density at radius 2 is 2.00 bits per heavy atom. The van der Waals surface area contributed by atoms with Crippen molar-refractivity contribution < 1.29 is 4.79 Å². The maximum atomic E-state index is 12.3. The van der Waals surface area contributed by atoms with Crippen molar-refractivity contribution in [3.8, 4) is 0 Å². The predicted octanol–water partition coefficient (Wildman–Crippen LogP) is 3.90. The molecule has 1 rings (SSSR count). The molecule has 17 heavy (non-hydrogen) atoms. The number of carbonyl (C=O) groups excluding carboxylic acids is 1. The second-order valence-corrected chi connectivity index (χ2v) is 4.88. The lowest BCUT2D eigenvalue weighted by Gasteiger charge is -2.28. The molecule has 0 aromatic carbocycles. The van der Waals surface area contributed by atoms with Gasteiger partial charge in [0.2, 0.25) is 5.91 Å². The zero-order valence-electron chi connectivity index (χ0n) is 11.2. The van der Waals surface area contributed by atoms with Crippen molar-refractivity contribution in [1.82, 2.24) is 4.90 Å². The number of rotatable bonds is 5. The van der Waals surface area contributed by atoms with Crippen molar-refractivity contribution >= 4 is 5.91 Å². The van der Waals surface area contributed by atoms with Crippen LogP contribution < -0.4 is 0 Å². The topological polar surface area (TPSA) is 20.3 Å². The van der Waals surface area contributed by atoms with Crippen LogP contribution in [0.4, 0.5) is 0 Å². The van der Waals surface area contributed by atoms with Crippen molar-refractivity contribution in [2.75, 3.05) is 7.05 Å². The Morgan fingerprint density at radius 1 is 1.35 bits per heavy atom. The van der Waals surface area contributed by atoms with Gasteiger partial charge < -0.3 is 4.90 Å². The molecule has 1 aliphatic carbocycles. The second kappa shape index (κ2) is 7.31. The van der Waals surface area contributed by atoms with Crippen LogP contribution in [-0.4, -0.2) is 17.9 Å². The first-order valence-corrected chi connectivity index (χ1v) is 6.79. The van der Waals surface area contributed by atoms with Crippen LogP contribution in [0.1, 0.15) is 51.9 Å². The molecule has 2 nitrogen and oxygen atoms in total. The number of nitrogens with zero attached hydrogens (tertiary/aromatic N) is 1. The van der Waals surface area contributed by atoms with Gasteiger partial charge in [-0.05, 0) is 25.3 Å². The Balaban J connectivity index is 2.65. The molecule has 1 aliphatic rings. The summed E-state index contributed by atoms with van der Waals surface area (Å²) >= 11 is 0. The second-order valence-electron chi connectivity index (χ2n) is 4.88. The van der Waals surface area contributed by atoms with Gasteiger partial charge in [-0.1, -0.05) is 45.3 Å². The van der Waals surface area contributed by atoms with Crippen LogP contribution in [0, 0.1) is 5.92 Å². The zero-order chi connectivity index (χ0) is 12.7. The molecule has 0 unspecified atom stereocenters. The largest absolute Gasteiger partial charge is 0.319 e. The fourth-order valence-electron chi connectivity index (χ4n) is 2.52. The third-order valence-corrected chi connectivity index (χ3v) is 3.53. The molecule has 0 aromatic heterocycles. The van der Waals surface area contributed by atoms with Crippen molar-refractivity contribution in [1.29, 1.82) is 0 Å². The molecule has 0 bridgehead atoms. The molecule has 1 saturated carbocycles. The quantitative estimate of drug-likeness (QED) is 0.662. The van der Waals surface area contributed by atoms with E-state index in [-0.39, 0.29) is 5.92 Å². The van der Waals surface area contributed by atoms with Gasteiger partial charge in [-0.2, -0.15) is 0 Å². The van der Waals surface area contributed by atoms with Crippen LogP contribution in [0.3, 0.4) is 0 Å². The van der Waals surface area contributed by atoms with E-state index < -0.39 is 0 Å². The predicted molar refractivity (Wildman–Crippen MR) is 72.5 cm³/mol. The fourth-order valence-corrected chi connectivity index (χ4v) is 2.52. The number of hydrogen-bond donors (Lipinski definition) is 0. The van der Waals surface area contributed by atoms with E-state index in [1.165, 1.54) is 19.3 Å². The third kappa shape index (κ3) is 4.03. The average molecular weight is 235 g/mol. The lowest BCUT2D eigenvalue weighted by atomic mass is 9.88. The van der Waals surface area contributed by atoms with E-state index in [0.29, 0.717) is 5.91 Å². The van der Waals surface area contributed by atoms with E-state index in [1.807, 2.05) is 18.0 Å². The maximum Gasteiger partial charge on any atom is 0.229 e. The van der Waals surface area contributed by atoms with Crippen molar-refractivity contribution in [3.05, 3.63) is 24.4 Å². The third-order valence-electron chi connectivity index (χ3n) is 3.53. The minimum atomic E-state index is 0.249. The van der Waals surface area contributed by atoms with Gasteiger partial charge in [0.25, 0.3) is 0 Å². The van der Waals surface area contributed by atoms with Crippen molar-refractivity contribution in [2.45, 2.75) is 51.9 Å². The van der Waals surface area contributed by atoms with Gasteiger partial charge in [-0.25, -0.2) is 0 Å². The van der Waals surface area contributed by atoms with Crippen LogP contribution in [0.15, 0.2) is 24.4 Å². The summed E-state index contributed by atoms with van der Waals surface area (Å²) in [6, 6.07) is 0. The van der Waals surface area contributed by atoms with E-state index in [9.17, 15) is 4.79 Å². The number of carbonyl (C=O) groups is 1. The Morgan fingerprint density at radius 3 is 2.53 bits per heavy atom. The highest BCUT2D eigenvalue weighted by molar-refractivity contribution is 5.80. The summed E-state index contributed by atoms with van der Waals surface area (Å²) in [5.74, 6) is 0.546. The highest BCUT2D eigenvalue weighted by Gasteiger charge is 2.25. The average Bonchev–Trinajstić information content (AvgIpc) is 2.38. The summed E-state index contributed by atoms with van der Waals surface area (Å²) in [4.78, 5) is 14.2. The molecule has 1 fully saturated rings. The summed E-state index contributed by atoms with van der Waals surface area (Å²) in [7, 11) is 1.90. The number of hydrogen-bond acceptors (Lipinski definition) is 1. The van der Waals surface area contributed by atoms with E-state index in [0.717, 1.165) is 31.4 Å². The Hall–Kier alpha value is -1.05. The van der Waals surface area contributed by atoms with Gasteiger partial charge in [0.05, 0.1) is 0 Å². The molecule has 96 valence electrons. The highest BCUT2D eigenvalue weighted by Crippen LogP contribution is 2.26. The molecule has 0 radical (unpaired) electrons. The molecule has 1 amide bonds. The van der Waals surface area contributed by atoms with Crippen molar-refractivity contribution in [3.63, 3.8) is 0 Å². The Kier molecular flexibility index (Phi) is 6.03. The fraction of sp³-hybridized carbons (Fsp3) is 0.667. The summed E-state index contributed by atoms with van der Waals surface area (Å²) in [6.45, 7) is 5.86. The van der Waals surface area contributed by atoms with Crippen LogP contribution in [0.5, 0.6) is 0 Å². The molecule has 0 saturated heterocycles. The first-order valence-electron chi connectivity index (χ1n) is 6.79. The van der Waals surface area contributed by atoms with Crippen LogP contribution in [0.25, 0.3) is 0 Å². The lowest BCUT2D eigenvalue weighted by Crippen LogP contribution is -2.33. The minimum Gasteiger partial charge on any atom is -0.319 e. The van der Waals surface area contributed by atoms with E-state index in [4.69, 9.17) is 0 Å². The van der Waals surface area contributed by atoms with Gasteiger partial charge >= 0.3 is 0 Å².